The topological polar surface area (TPSA) is 123 Å². The van der Waals surface area contributed by atoms with E-state index in [1.165, 1.54) is 6.54 Å². The average molecular weight is 920 g/mol. The number of halogens is 6. The highest BCUT2D eigenvalue weighted by molar-refractivity contribution is 5.49. The molecule has 0 radical (unpaired) electrons. The monoisotopic (exact) mass is 920 g/mol. The molecule has 65 heavy (non-hydrogen) atoms. The third-order valence-electron chi connectivity index (χ3n) is 14.3. The van der Waals surface area contributed by atoms with Gasteiger partial charge in [0, 0.05) is 97.3 Å². The van der Waals surface area contributed by atoms with E-state index in [2.05, 4.69) is 55.1 Å². The highest BCUT2D eigenvalue weighted by Gasteiger charge is 2.39. The zero-order valence-electron chi connectivity index (χ0n) is 39.4. The number of fused-ring (bicyclic) bond motifs is 2. The normalized spacial score (nSPS) is 27.9. The molecule has 362 valence electrons. The summed E-state index contributed by atoms with van der Waals surface area (Å²) in [6, 6.07) is 8.19. The van der Waals surface area contributed by atoms with Gasteiger partial charge < -0.3 is 15.1 Å². The fourth-order valence-electron chi connectivity index (χ4n) is 10.6. The highest BCUT2D eigenvalue weighted by Crippen LogP contribution is 2.44. The number of carbonyl (C=O) groups excluding carboxylic acids is 2. The first-order valence-corrected chi connectivity index (χ1v) is 23.3. The largest absolute Gasteiger partial charge is 0.344 e. The van der Waals surface area contributed by atoms with E-state index in [0.717, 1.165) is 124 Å². The number of nitrogens with zero attached hydrogens (tertiary/aromatic N) is 8. The second-order valence-corrected chi connectivity index (χ2v) is 20.8. The molecule has 17 heteroatoms. The van der Waals surface area contributed by atoms with Crippen LogP contribution in [0.1, 0.15) is 164 Å². The van der Waals surface area contributed by atoms with Gasteiger partial charge in [-0.25, -0.2) is 36.6 Å². The Kier molecular flexibility index (Phi) is 16.5. The van der Waals surface area contributed by atoms with Crippen molar-refractivity contribution in [3.8, 4) is 0 Å². The van der Waals surface area contributed by atoms with Crippen LogP contribution in [0.3, 0.4) is 0 Å². The first-order valence-electron chi connectivity index (χ1n) is 23.3. The Balaban J connectivity index is 0.000000214. The van der Waals surface area contributed by atoms with Gasteiger partial charge in [-0.05, 0) is 130 Å². The van der Waals surface area contributed by atoms with Crippen molar-refractivity contribution in [1.82, 2.24) is 44.3 Å². The maximum Gasteiger partial charge on any atom is 0.248 e. The Labute approximate surface area is 379 Å². The van der Waals surface area contributed by atoms with Crippen LogP contribution in [-0.2, 0) is 9.59 Å². The van der Waals surface area contributed by atoms with Crippen LogP contribution in [0.5, 0.6) is 0 Å². The SMILES string of the molecule is CC1(C)CN1.Cc1cc([C@@H]2C[C@H](C)CN(C=O)C2)n2nc(C3CCC(C(C)(F)F)CC3)cc2n1.Cc1cc([C@H]2C[C@@H](C)CN(C=O)C2)n2nc(C3CCC(C(C)(F)F)CC3)cc2n1.F.F. The van der Waals surface area contributed by atoms with Crippen molar-refractivity contribution in [3.63, 3.8) is 0 Å². The van der Waals surface area contributed by atoms with Crippen LogP contribution in [0.4, 0.5) is 27.0 Å². The lowest BCUT2D eigenvalue weighted by atomic mass is 9.78. The summed E-state index contributed by atoms with van der Waals surface area (Å²) in [7, 11) is 0. The number of hydrogen-bond acceptors (Lipinski definition) is 7. The smallest absolute Gasteiger partial charge is 0.248 e. The first-order chi connectivity index (χ1) is 29.7. The van der Waals surface area contributed by atoms with E-state index in [9.17, 15) is 27.2 Å². The van der Waals surface area contributed by atoms with E-state index in [0.29, 0.717) is 56.1 Å². The summed E-state index contributed by atoms with van der Waals surface area (Å²) < 4.78 is 58.4. The molecule has 7 heterocycles. The molecule has 4 atom stereocenters. The molecule has 2 aliphatic carbocycles. The number of nitrogens with one attached hydrogen (secondary N) is 1. The molecular formula is C48H71F6N9O2. The molecule has 0 aromatic carbocycles. The molecule has 3 aliphatic heterocycles. The van der Waals surface area contributed by atoms with Crippen LogP contribution < -0.4 is 5.32 Å². The highest BCUT2D eigenvalue weighted by atomic mass is 19.3. The van der Waals surface area contributed by atoms with Crippen LogP contribution in [-0.4, -0.2) is 102 Å². The van der Waals surface area contributed by atoms with Crippen LogP contribution in [0.15, 0.2) is 24.3 Å². The van der Waals surface area contributed by atoms with Gasteiger partial charge in [0.2, 0.25) is 24.7 Å². The Morgan fingerprint density at radius 2 is 0.954 bits per heavy atom. The Morgan fingerprint density at radius 1 is 0.615 bits per heavy atom. The van der Waals surface area contributed by atoms with Gasteiger partial charge in [0.05, 0.1) is 22.8 Å². The zero-order chi connectivity index (χ0) is 45.4. The summed E-state index contributed by atoms with van der Waals surface area (Å²) in [5.41, 5.74) is 8.09. The summed E-state index contributed by atoms with van der Waals surface area (Å²) >= 11 is 0. The van der Waals surface area contributed by atoms with Gasteiger partial charge in [-0.1, -0.05) is 13.8 Å². The Bertz CT molecular complexity index is 2050. The van der Waals surface area contributed by atoms with Crippen molar-refractivity contribution >= 4 is 24.1 Å². The quantitative estimate of drug-likeness (QED) is 0.106. The van der Waals surface area contributed by atoms with Crippen molar-refractivity contribution < 1.29 is 36.6 Å². The van der Waals surface area contributed by atoms with Gasteiger partial charge in [-0.2, -0.15) is 10.2 Å². The van der Waals surface area contributed by atoms with Gasteiger partial charge >= 0.3 is 0 Å². The lowest BCUT2D eigenvalue weighted by Gasteiger charge is -2.34. The summed E-state index contributed by atoms with van der Waals surface area (Å²) in [5, 5.41) is 12.9. The fourth-order valence-corrected chi connectivity index (χ4v) is 10.6. The van der Waals surface area contributed by atoms with E-state index in [1.807, 2.05) is 44.8 Å². The third kappa shape index (κ3) is 12.8. The number of hydrogen-bond donors (Lipinski definition) is 1. The van der Waals surface area contributed by atoms with Gasteiger partial charge in [0.1, 0.15) is 0 Å². The lowest BCUT2D eigenvalue weighted by molar-refractivity contribution is -0.120. The molecule has 5 aliphatic rings. The first kappa shape index (κ1) is 51.7. The molecule has 1 N–H and O–H groups in total. The van der Waals surface area contributed by atoms with Gasteiger partial charge in [-0.3, -0.25) is 19.0 Å². The minimum Gasteiger partial charge on any atom is -0.344 e. The third-order valence-corrected chi connectivity index (χ3v) is 14.3. The predicted octanol–water partition coefficient (Wildman–Crippen LogP) is 9.77. The zero-order valence-corrected chi connectivity index (χ0v) is 39.4. The molecule has 9 rings (SSSR count). The second-order valence-electron chi connectivity index (χ2n) is 20.8. The number of aromatic nitrogens is 6. The number of carbonyl (C=O) groups is 2. The maximum absolute atomic E-state index is 13.6. The van der Waals surface area contributed by atoms with Crippen molar-refractivity contribution in [1.29, 1.82) is 0 Å². The second kappa shape index (κ2) is 20.7. The number of alkyl halides is 4. The van der Waals surface area contributed by atoms with E-state index in [1.54, 1.807) is 0 Å². The molecule has 0 bridgehead atoms. The van der Waals surface area contributed by atoms with E-state index < -0.39 is 23.7 Å². The number of aryl methyl sites for hydroxylation is 2. The van der Waals surface area contributed by atoms with Crippen molar-refractivity contribution in [2.24, 2.45) is 23.7 Å². The fraction of sp³-hybridized carbons (Fsp3) is 0.708. The molecule has 11 nitrogen and oxygen atoms in total. The number of amides is 2. The van der Waals surface area contributed by atoms with Gasteiger partial charge in [0.15, 0.2) is 11.3 Å². The van der Waals surface area contributed by atoms with E-state index in [-0.39, 0.29) is 33.1 Å². The molecule has 4 aromatic rings. The summed E-state index contributed by atoms with van der Waals surface area (Å²) in [6.45, 7) is 18.9. The van der Waals surface area contributed by atoms with Crippen molar-refractivity contribution in [3.05, 3.63) is 58.4 Å². The molecule has 0 unspecified atom stereocenters. The molecule has 2 amide bonds. The predicted molar refractivity (Wildman–Crippen MR) is 241 cm³/mol. The molecule has 2 saturated carbocycles. The standard InChI is InChI=1S/2C22H30F2N4O.C4H9N.2FH/c2*1-14-8-17(12-27(11-14)13-29)20-9-15(2)25-21-10-19(26-28(20)21)16-4-6-18(7-5-16)22(3,23)24;1-4(2)3-5-4;;/h2*9-10,13-14,16-18H,4-8,11-12H2,1-3H3;5H,3H2,1-2H3;2*1H/t2*14-,16?,17+,18?;;;/m10.../s1. The van der Waals surface area contributed by atoms with Crippen LogP contribution in [0, 0.1) is 37.5 Å². The lowest BCUT2D eigenvalue weighted by Crippen LogP contribution is -2.38. The minimum atomic E-state index is -2.60. The van der Waals surface area contributed by atoms with Gasteiger partial charge in [-0.15, -0.1) is 0 Å². The summed E-state index contributed by atoms with van der Waals surface area (Å²) in [6.07, 6.45) is 9.00. The molecule has 4 aromatic heterocycles. The molecular weight excluding hydrogens is 849 g/mol. The number of rotatable bonds is 8. The van der Waals surface area contributed by atoms with Crippen LogP contribution in [0.25, 0.3) is 11.3 Å². The van der Waals surface area contributed by atoms with E-state index in [4.69, 9.17) is 10.2 Å². The minimum absolute atomic E-state index is 0. The van der Waals surface area contributed by atoms with Crippen molar-refractivity contribution in [2.45, 2.75) is 161 Å². The Hall–Kier alpha value is -4.28. The molecule has 3 saturated heterocycles. The van der Waals surface area contributed by atoms with Crippen LogP contribution >= 0.6 is 0 Å². The Morgan fingerprint density at radius 3 is 1.25 bits per heavy atom. The number of piperidine rings is 2. The van der Waals surface area contributed by atoms with Crippen LogP contribution in [0.2, 0.25) is 0 Å². The summed E-state index contributed by atoms with van der Waals surface area (Å²) in [4.78, 5) is 35.7. The van der Waals surface area contributed by atoms with Crippen molar-refractivity contribution in [2.75, 3.05) is 32.7 Å². The summed E-state index contributed by atoms with van der Waals surface area (Å²) in [5.74, 6) is -4.52. The average Bonchev–Trinajstić information content (AvgIpc) is 3.55. The van der Waals surface area contributed by atoms with Gasteiger partial charge in [0.25, 0.3) is 0 Å². The molecule has 0 spiro atoms. The van der Waals surface area contributed by atoms with E-state index >= 15 is 0 Å². The number of likely N-dealkylation sites (tertiary alicyclic amines) is 2. The maximum atomic E-state index is 13.6. The molecule has 5 fully saturated rings.